The summed E-state index contributed by atoms with van der Waals surface area (Å²) in [6, 6.07) is 22.9. The molecule has 3 aromatic carbocycles. The van der Waals surface area contributed by atoms with Crippen LogP contribution in [0.25, 0.3) is 6.08 Å². The van der Waals surface area contributed by atoms with E-state index in [-0.39, 0.29) is 5.57 Å². The van der Waals surface area contributed by atoms with Crippen molar-refractivity contribution in [1.82, 2.24) is 0 Å². The number of nitriles is 1. The molecule has 1 N–H and O–H groups in total. The summed E-state index contributed by atoms with van der Waals surface area (Å²) in [7, 11) is 0. The number of amides is 1. The molecule has 0 heterocycles. The molecule has 0 atom stereocenters. The van der Waals surface area contributed by atoms with Crippen molar-refractivity contribution in [3.05, 3.63) is 99.0 Å². The number of carbonyl (C=O) groups is 1. The third kappa shape index (κ3) is 5.59. The molecule has 3 aromatic rings. The van der Waals surface area contributed by atoms with Gasteiger partial charge in [0.15, 0.2) is 0 Å². The molecule has 3 rings (SSSR count). The Morgan fingerprint density at radius 3 is 2.50 bits per heavy atom. The summed E-state index contributed by atoms with van der Waals surface area (Å²) in [4.78, 5) is 12.5. The Morgan fingerprint density at radius 1 is 1.10 bits per heavy atom. The lowest BCUT2D eigenvalue weighted by Crippen LogP contribution is -2.14. The Hall–Kier alpha value is -3.36. The fraction of sp³-hybridized carbons (Fsp3) is 0.120. The normalized spacial score (nSPS) is 10.9. The van der Waals surface area contributed by atoms with Crippen LogP contribution in [0.1, 0.15) is 22.3 Å². The highest BCUT2D eigenvalue weighted by atomic mass is 79.9. The number of carbonyl (C=O) groups excluding carboxylic acids is 1. The Balaban J connectivity index is 1.67. The van der Waals surface area contributed by atoms with E-state index < -0.39 is 5.91 Å². The fourth-order valence-electron chi connectivity index (χ4n) is 2.90. The van der Waals surface area contributed by atoms with Crippen molar-refractivity contribution in [3.8, 4) is 11.8 Å². The van der Waals surface area contributed by atoms with E-state index in [0.29, 0.717) is 18.0 Å². The van der Waals surface area contributed by atoms with Gasteiger partial charge in [-0.25, -0.2) is 0 Å². The zero-order chi connectivity index (χ0) is 21.5. The number of nitrogens with zero attached hydrogens (tertiary/aromatic N) is 1. The van der Waals surface area contributed by atoms with Gasteiger partial charge in [-0.3, -0.25) is 4.79 Å². The van der Waals surface area contributed by atoms with Gasteiger partial charge in [0.2, 0.25) is 0 Å². The third-order valence-corrected chi connectivity index (χ3v) is 5.31. The first kappa shape index (κ1) is 21.4. The van der Waals surface area contributed by atoms with Crippen molar-refractivity contribution >= 4 is 33.6 Å². The van der Waals surface area contributed by atoms with Crippen LogP contribution in [0.3, 0.4) is 0 Å². The Kier molecular flexibility index (Phi) is 7.05. The zero-order valence-corrected chi connectivity index (χ0v) is 18.4. The highest BCUT2D eigenvalue weighted by Crippen LogP contribution is 2.21. The zero-order valence-electron chi connectivity index (χ0n) is 16.8. The van der Waals surface area contributed by atoms with Crippen LogP contribution in [0, 0.1) is 25.2 Å². The van der Waals surface area contributed by atoms with Gasteiger partial charge in [0, 0.05) is 15.7 Å². The van der Waals surface area contributed by atoms with Crippen molar-refractivity contribution in [2.75, 3.05) is 5.32 Å². The van der Waals surface area contributed by atoms with Crippen molar-refractivity contribution in [2.24, 2.45) is 0 Å². The van der Waals surface area contributed by atoms with Crippen LogP contribution < -0.4 is 10.1 Å². The van der Waals surface area contributed by atoms with Gasteiger partial charge in [-0.1, -0.05) is 64.0 Å². The number of anilines is 1. The monoisotopic (exact) mass is 460 g/mol. The minimum atomic E-state index is -0.432. The number of hydrogen-bond donors (Lipinski definition) is 1. The van der Waals surface area contributed by atoms with Crippen LogP contribution in [0.4, 0.5) is 5.69 Å². The van der Waals surface area contributed by atoms with Crippen LogP contribution in [-0.2, 0) is 11.4 Å². The SMILES string of the molecule is Cc1ccc(NC(=O)/C(C#N)=C/c2ccc(OCc3ccccc3Br)cc2)c(C)c1. The molecule has 0 aliphatic heterocycles. The van der Waals surface area contributed by atoms with Gasteiger partial charge in [0.25, 0.3) is 5.91 Å². The minimum Gasteiger partial charge on any atom is -0.489 e. The lowest BCUT2D eigenvalue weighted by atomic mass is 10.1. The van der Waals surface area contributed by atoms with Gasteiger partial charge in [-0.2, -0.15) is 5.26 Å². The molecule has 0 unspecified atom stereocenters. The van der Waals surface area contributed by atoms with Gasteiger partial charge >= 0.3 is 0 Å². The summed E-state index contributed by atoms with van der Waals surface area (Å²) >= 11 is 3.51. The summed E-state index contributed by atoms with van der Waals surface area (Å²) in [6.45, 7) is 4.36. The number of ether oxygens (including phenoxy) is 1. The molecular weight excluding hydrogens is 440 g/mol. The molecule has 5 heteroatoms. The minimum absolute atomic E-state index is 0.0388. The average molecular weight is 461 g/mol. The van der Waals surface area contributed by atoms with Crippen molar-refractivity contribution in [3.63, 3.8) is 0 Å². The summed E-state index contributed by atoms with van der Waals surface area (Å²) in [5, 5.41) is 12.2. The van der Waals surface area contributed by atoms with Crippen LogP contribution in [0.15, 0.2) is 76.8 Å². The van der Waals surface area contributed by atoms with E-state index in [1.54, 1.807) is 6.08 Å². The molecule has 0 fully saturated rings. The molecule has 0 aromatic heterocycles. The van der Waals surface area contributed by atoms with E-state index in [1.165, 1.54) is 0 Å². The largest absolute Gasteiger partial charge is 0.489 e. The first-order chi connectivity index (χ1) is 14.5. The quantitative estimate of drug-likeness (QED) is 0.352. The van der Waals surface area contributed by atoms with Crippen LogP contribution in [0.2, 0.25) is 0 Å². The molecule has 30 heavy (non-hydrogen) atoms. The lowest BCUT2D eigenvalue weighted by molar-refractivity contribution is -0.112. The van der Waals surface area contributed by atoms with Gasteiger partial charge < -0.3 is 10.1 Å². The van der Waals surface area contributed by atoms with Crippen molar-refractivity contribution in [2.45, 2.75) is 20.5 Å². The summed E-state index contributed by atoms with van der Waals surface area (Å²) < 4.78 is 6.81. The van der Waals surface area contributed by atoms with Crippen molar-refractivity contribution < 1.29 is 9.53 Å². The van der Waals surface area contributed by atoms with Gasteiger partial charge in [0.1, 0.15) is 24.0 Å². The Bertz CT molecular complexity index is 1130. The second kappa shape index (κ2) is 9.91. The number of hydrogen-bond acceptors (Lipinski definition) is 3. The van der Waals surface area contributed by atoms with Gasteiger partial charge in [0.05, 0.1) is 0 Å². The van der Waals surface area contributed by atoms with E-state index in [1.807, 2.05) is 86.6 Å². The van der Waals surface area contributed by atoms with Gasteiger partial charge in [-0.15, -0.1) is 0 Å². The van der Waals surface area contributed by atoms with Crippen molar-refractivity contribution in [1.29, 1.82) is 5.26 Å². The standard InChI is InChI=1S/C25H21BrN2O2/c1-17-7-12-24(18(2)13-17)28-25(29)21(15-27)14-19-8-10-22(11-9-19)30-16-20-5-3-4-6-23(20)26/h3-14H,16H2,1-2H3,(H,28,29)/b21-14+. The first-order valence-corrected chi connectivity index (χ1v) is 10.2. The predicted molar refractivity (Wildman–Crippen MR) is 123 cm³/mol. The van der Waals surface area contributed by atoms with E-state index in [9.17, 15) is 10.1 Å². The second-order valence-corrected chi connectivity index (χ2v) is 7.75. The number of benzene rings is 3. The summed E-state index contributed by atoms with van der Waals surface area (Å²) in [5.41, 5.74) is 4.60. The summed E-state index contributed by atoms with van der Waals surface area (Å²) in [5.74, 6) is 0.278. The molecule has 0 spiro atoms. The molecule has 0 aliphatic rings. The topological polar surface area (TPSA) is 62.1 Å². The predicted octanol–water partition coefficient (Wildman–Crippen LogP) is 6.19. The molecule has 0 aliphatic carbocycles. The highest BCUT2D eigenvalue weighted by molar-refractivity contribution is 9.10. The molecular formula is C25H21BrN2O2. The number of nitrogens with one attached hydrogen (secondary N) is 1. The fourth-order valence-corrected chi connectivity index (χ4v) is 3.29. The number of aryl methyl sites for hydroxylation is 2. The molecule has 0 bridgehead atoms. The Labute approximate surface area is 184 Å². The maximum atomic E-state index is 12.5. The smallest absolute Gasteiger partial charge is 0.266 e. The van der Waals surface area contributed by atoms with E-state index in [4.69, 9.17) is 4.74 Å². The van der Waals surface area contributed by atoms with E-state index >= 15 is 0 Å². The second-order valence-electron chi connectivity index (χ2n) is 6.89. The molecule has 0 saturated heterocycles. The van der Waals surface area contributed by atoms with E-state index in [0.717, 1.165) is 26.7 Å². The number of rotatable bonds is 6. The van der Waals surface area contributed by atoms with Crippen LogP contribution in [0.5, 0.6) is 5.75 Å². The molecule has 150 valence electrons. The molecule has 0 saturated carbocycles. The highest BCUT2D eigenvalue weighted by Gasteiger charge is 2.11. The summed E-state index contributed by atoms with van der Waals surface area (Å²) in [6.07, 6.45) is 1.57. The molecule has 4 nitrogen and oxygen atoms in total. The maximum Gasteiger partial charge on any atom is 0.266 e. The first-order valence-electron chi connectivity index (χ1n) is 9.43. The lowest BCUT2D eigenvalue weighted by Gasteiger charge is -2.09. The molecule has 1 amide bonds. The molecule has 0 radical (unpaired) electrons. The van der Waals surface area contributed by atoms with Crippen LogP contribution in [-0.4, -0.2) is 5.91 Å². The van der Waals surface area contributed by atoms with E-state index in [2.05, 4.69) is 21.2 Å². The third-order valence-electron chi connectivity index (χ3n) is 4.54. The average Bonchev–Trinajstić information content (AvgIpc) is 2.74. The Morgan fingerprint density at radius 2 is 1.83 bits per heavy atom. The maximum absolute atomic E-state index is 12.5. The number of halogens is 1. The van der Waals surface area contributed by atoms with Crippen LogP contribution >= 0.6 is 15.9 Å². The van der Waals surface area contributed by atoms with Gasteiger partial charge in [-0.05, 0) is 55.3 Å².